The topological polar surface area (TPSA) is 57.6 Å². The van der Waals surface area contributed by atoms with E-state index in [1.807, 2.05) is 26.0 Å². The first-order chi connectivity index (χ1) is 11.3. The van der Waals surface area contributed by atoms with Crippen LogP contribution in [0.4, 0.5) is 5.69 Å². The maximum Gasteiger partial charge on any atom is 0.301 e. The Morgan fingerprint density at radius 3 is 2.25 bits per heavy atom. The summed E-state index contributed by atoms with van der Waals surface area (Å²) in [6.45, 7) is 3.75. The first-order valence-electron chi connectivity index (χ1n) is 7.16. The monoisotopic (exact) mass is 361 g/mol. The molecule has 1 N–H and O–H groups in total. The lowest BCUT2D eigenvalue weighted by atomic mass is 9.98. The minimum Gasteiger partial charge on any atom is -0.502 e. The number of rotatable bonds is 2. The van der Waals surface area contributed by atoms with Crippen molar-refractivity contribution < 1.29 is 14.7 Å². The number of halogens is 2. The van der Waals surface area contributed by atoms with Crippen molar-refractivity contribution in [2.45, 2.75) is 13.8 Å². The molecule has 1 aliphatic heterocycles. The smallest absolute Gasteiger partial charge is 0.301 e. The molecule has 6 heteroatoms. The largest absolute Gasteiger partial charge is 0.502 e. The molecule has 0 unspecified atom stereocenters. The van der Waals surface area contributed by atoms with Gasteiger partial charge < -0.3 is 5.11 Å². The van der Waals surface area contributed by atoms with Crippen molar-refractivity contribution in [3.63, 3.8) is 0 Å². The van der Waals surface area contributed by atoms with Crippen LogP contribution in [0.1, 0.15) is 16.7 Å². The molecule has 1 aliphatic rings. The number of hydrogen-bond donors (Lipinski definition) is 1. The molecule has 122 valence electrons. The highest BCUT2D eigenvalue weighted by atomic mass is 35.5. The zero-order chi connectivity index (χ0) is 17.6. The third-order valence-electron chi connectivity index (χ3n) is 3.87. The number of aryl methyl sites for hydroxylation is 2. The molecule has 0 bridgehead atoms. The molecule has 2 amide bonds. The molecular weight excluding hydrogens is 349 g/mol. The Balaban J connectivity index is 2.09. The van der Waals surface area contributed by atoms with E-state index in [1.165, 1.54) is 18.2 Å². The zero-order valence-electron chi connectivity index (χ0n) is 12.9. The van der Waals surface area contributed by atoms with E-state index in [2.05, 4.69) is 0 Å². The molecule has 0 aromatic heterocycles. The summed E-state index contributed by atoms with van der Waals surface area (Å²) in [5.41, 5.74) is 2.59. The standard InChI is InChI=1S/C18H13Cl2NO3/c1-9-3-5-12(10(2)7-9)15-16(22)18(24)21(17(15)23)11-4-6-13(19)14(20)8-11/h3-8,22H,1-2H3. The number of imide groups is 1. The Labute approximate surface area is 148 Å². The number of nitrogens with zero attached hydrogens (tertiary/aromatic N) is 1. The lowest BCUT2D eigenvalue weighted by Gasteiger charge is -2.15. The number of anilines is 1. The predicted molar refractivity (Wildman–Crippen MR) is 94.4 cm³/mol. The first-order valence-corrected chi connectivity index (χ1v) is 7.91. The summed E-state index contributed by atoms with van der Waals surface area (Å²) >= 11 is 11.8. The molecule has 0 atom stereocenters. The van der Waals surface area contributed by atoms with Gasteiger partial charge in [0.2, 0.25) is 0 Å². The molecule has 0 saturated carbocycles. The minimum absolute atomic E-state index is 0.0106. The fraction of sp³-hybridized carbons (Fsp3) is 0.111. The van der Waals surface area contributed by atoms with E-state index in [1.54, 1.807) is 6.07 Å². The second-order valence-corrected chi connectivity index (χ2v) is 6.40. The minimum atomic E-state index is -0.784. The van der Waals surface area contributed by atoms with Gasteiger partial charge in [-0.2, -0.15) is 0 Å². The highest BCUT2D eigenvalue weighted by Crippen LogP contribution is 2.35. The van der Waals surface area contributed by atoms with Gasteiger partial charge in [0.05, 0.1) is 21.3 Å². The quantitative estimate of drug-likeness (QED) is 0.803. The Kier molecular flexibility index (Phi) is 4.11. The fourth-order valence-electron chi connectivity index (χ4n) is 2.71. The summed E-state index contributed by atoms with van der Waals surface area (Å²) in [5, 5.41) is 10.8. The number of aliphatic hydroxyl groups is 1. The van der Waals surface area contributed by atoms with E-state index >= 15 is 0 Å². The normalized spacial score (nSPS) is 14.8. The van der Waals surface area contributed by atoms with Gasteiger partial charge in [-0.1, -0.05) is 47.0 Å². The van der Waals surface area contributed by atoms with E-state index in [4.69, 9.17) is 23.2 Å². The van der Waals surface area contributed by atoms with Crippen molar-refractivity contribution in [3.05, 3.63) is 68.9 Å². The highest BCUT2D eigenvalue weighted by molar-refractivity contribution is 6.46. The highest BCUT2D eigenvalue weighted by Gasteiger charge is 2.40. The number of carbonyl (C=O) groups is 2. The van der Waals surface area contributed by atoms with E-state index in [9.17, 15) is 14.7 Å². The Morgan fingerprint density at radius 1 is 0.917 bits per heavy atom. The summed E-state index contributed by atoms with van der Waals surface area (Å²) in [4.78, 5) is 26.1. The first kappa shape index (κ1) is 16.6. The van der Waals surface area contributed by atoms with Crippen molar-refractivity contribution >= 4 is 46.3 Å². The van der Waals surface area contributed by atoms with Gasteiger partial charge in [0.15, 0.2) is 5.76 Å². The second-order valence-electron chi connectivity index (χ2n) is 5.59. The Bertz CT molecular complexity index is 918. The van der Waals surface area contributed by atoms with Crippen LogP contribution in [0.3, 0.4) is 0 Å². The van der Waals surface area contributed by atoms with Gasteiger partial charge in [-0.15, -0.1) is 0 Å². The van der Waals surface area contributed by atoms with Gasteiger partial charge >= 0.3 is 5.91 Å². The molecule has 2 aromatic carbocycles. The van der Waals surface area contributed by atoms with Crippen LogP contribution in [-0.4, -0.2) is 16.9 Å². The fourth-order valence-corrected chi connectivity index (χ4v) is 3.01. The maximum atomic E-state index is 12.8. The van der Waals surface area contributed by atoms with Crippen molar-refractivity contribution in [1.29, 1.82) is 0 Å². The number of aliphatic hydroxyl groups excluding tert-OH is 1. The van der Waals surface area contributed by atoms with Crippen LogP contribution >= 0.6 is 23.2 Å². The average molecular weight is 362 g/mol. The molecule has 0 radical (unpaired) electrons. The van der Waals surface area contributed by atoms with Crippen LogP contribution in [0, 0.1) is 13.8 Å². The molecule has 0 spiro atoms. The van der Waals surface area contributed by atoms with Crippen molar-refractivity contribution in [2.24, 2.45) is 0 Å². The van der Waals surface area contributed by atoms with Crippen molar-refractivity contribution in [1.82, 2.24) is 0 Å². The molecule has 1 heterocycles. The predicted octanol–water partition coefficient (Wildman–Crippen LogP) is 4.45. The van der Waals surface area contributed by atoms with Crippen LogP contribution in [0.2, 0.25) is 10.0 Å². The van der Waals surface area contributed by atoms with Gasteiger partial charge in [-0.05, 0) is 43.2 Å². The zero-order valence-corrected chi connectivity index (χ0v) is 14.4. The van der Waals surface area contributed by atoms with Crippen LogP contribution < -0.4 is 4.90 Å². The molecule has 24 heavy (non-hydrogen) atoms. The van der Waals surface area contributed by atoms with Crippen molar-refractivity contribution in [3.8, 4) is 0 Å². The van der Waals surface area contributed by atoms with E-state index in [0.29, 0.717) is 10.6 Å². The number of amides is 2. The molecule has 3 rings (SSSR count). The lowest BCUT2D eigenvalue weighted by Crippen LogP contribution is -2.31. The number of carbonyl (C=O) groups excluding carboxylic acids is 2. The third kappa shape index (κ3) is 2.58. The summed E-state index contributed by atoms with van der Waals surface area (Å²) in [6.07, 6.45) is 0. The molecule has 0 aliphatic carbocycles. The van der Waals surface area contributed by atoms with Crippen LogP contribution in [0.25, 0.3) is 5.57 Å². The molecule has 0 fully saturated rings. The van der Waals surface area contributed by atoms with Crippen LogP contribution in [-0.2, 0) is 9.59 Å². The van der Waals surface area contributed by atoms with Crippen LogP contribution in [0.15, 0.2) is 42.2 Å². The van der Waals surface area contributed by atoms with Gasteiger partial charge in [0.25, 0.3) is 5.91 Å². The average Bonchev–Trinajstić information content (AvgIpc) is 2.73. The van der Waals surface area contributed by atoms with E-state index in [-0.39, 0.29) is 16.3 Å². The van der Waals surface area contributed by atoms with Gasteiger partial charge in [0, 0.05) is 0 Å². The van der Waals surface area contributed by atoms with Gasteiger partial charge in [-0.25, -0.2) is 4.90 Å². The summed E-state index contributed by atoms with van der Waals surface area (Å²) in [6, 6.07) is 9.84. The van der Waals surface area contributed by atoms with E-state index in [0.717, 1.165) is 16.0 Å². The third-order valence-corrected chi connectivity index (χ3v) is 4.61. The van der Waals surface area contributed by atoms with Crippen LogP contribution in [0.5, 0.6) is 0 Å². The number of hydrogen-bond acceptors (Lipinski definition) is 3. The van der Waals surface area contributed by atoms with Gasteiger partial charge in [0.1, 0.15) is 0 Å². The molecule has 2 aromatic rings. The number of benzene rings is 2. The molecule has 4 nitrogen and oxygen atoms in total. The second kappa shape index (κ2) is 5.96. The lowest BCUT2D eigenvalue weighted by molar-refractivity contribution is -0.121. The SMILES string of the molecule is Cc1ccc(C2=C(O)C(=O)N(c3ccc(Cl)c(Cl)c3)C2=O)c(C)c1. The Morgan fingerprint density at radius 2 is 1.62 bits per heavy atom. The Hall–Kier alpha value is -2.30. The van der Waals surface area contributed by atoms with Gasteiger partial charge in [-0.3, -0.25) is 9.59 Å². The van der Waals surface area contributed by atoms with E-state index < -0.39 is 17.6 Å². The summed E-state index contributed by atoms with van der Waals surface area (Å²) in [5.74, 6) is -1.95. The molecule has 0 saturated heterocycles. The maximum absolute atomic E-state index is 12.8. The molecular formula is C18H13Cl2NO3. The van der Waals surface area contributed by atoms with Crippen molar-refractivity contribution in [2.75, 3.05) is 4.90 Å². The summed E-state index contributed by atoms with van der Waals surface area (Å²) < 4.78 is 0. The summed E-state index contributed by atoms with van der Waals surface area (Å²) in [7, 11) is 0.